The smallest absolute Gasteiger partial charge is 0.226 e. The highest BCUT2D eigenvalue weighted by molar-refractivity contribution is 6.11. The Morgan fingerprint density at radius 1 is 0.380 bits per heavy atom. The summed E-state index contributed by atoms with van der Waals surface area (Å²) in [5, 5.41) is 25.0. The van der Waals surface area contributed by atoms with Gasteiger partial charge in [0, 0.05) is 11.1 Å². The maximum absolute atomic E-state index is 10.2. The number of hydrogen-bond acceptors (Lipinski definition) is 2. The van der Waals surface area contributed by atoms with Crippen molar-refractivity contribution in [1.82, 2.24) is 0 Å². The molecular weight excluding hydrogens is 609 g/mol. The zero-order valence-corrected chi connectivity index (χ0v) is 26.5. The number of nitriles is 2. The van der Waals surface area contributed by atoms with Crippen molar-refractivity contribution < 1.29 is 0 Å². The number of rotatable bonds is 2. The molecular formula is C46H22N4. The lowest BCUT2D eigenvalue weighted by Crippen LogP contribution is -1.91. The average molecular weight is 631 g/mol. The SMILES string of the molecule is [C-]#[N+]/C(C#N)=C1/c2cc(-c3ccc4ccccc4c3)ccc2-c2cc3c(cc21)/C(=C(\C#N)[N+]#[C-])c1cc(-c2ccc4ccccc4c2)ccc1-3. The van der Waals surface area contributed by atoms with Gasteiger partial charge in [-0.3, -0.25) is 0 Å². The second kappa shape index (κ2) is 11.0. The summed E-state index contributed by atoms with van der Waals surface area (Å²) >= 11 is 0. The molecule has 50 heavy (non-hydrogen) atoms. The van der Waals surface area contributed by atoms with Gasteiger partial charge >= 0.3 is 0 Å². The van der Waals surface area contributed by atoms with Crippen LogP contribution in [0.3, 0.4) is 0 Å². The summed E-state index contributed by atoms with van der Waals surface area (Å²) in [7, 11) is 0. The average Bonchev–Trinajstić information content (AvgIpc) is 3.65. The van der Waals surface area contributed by atoms with E-state index >= 15 is 0 Å². The van der Waals surface area contributed by atoms with Crippen LogP contribution in [-0.2, 0) is 0 Å². The van der Waals surface area contributed by atoms with Gasteiger partial charge in [0.05, 0.1) is 25.3 Å². The highest BCUT2D eigenvalue weighted by Gasteiger charge is 2.33. The molecule has 0 aliphatic heterocycles. The minimum absolute atomic E-state index is 0.00549. The molecule has 4 nitrogen and oxygen atoms in total. The Morgan fingerprint density at radius 2 is 0.740 bits per heavy atom. The van der Waals surface area contributed by atoms with E-state index in [1.807, 2.05) is 30.3 Å². The number of fused-ring (bicyclic) bond motifs is 8. The number of allylic oxidation sites excluding steroid dienone is 2. The van der Waals surface area contributed by atoms with Crippen LogP contribution in [0.25, 0.3) is 86.9 Å². The summed E-state index contributed by atoms with van der Waals surface area (Å²) in [5.74, 6) is 0. The zero-order chi connectivity index (χ0) is 33.9. The van der Waals surface area contributed by atoms with E-state index < -0.39 is 0 Å². The Kier molecular flexibility index (Phi) is 6.34. The van der Waals surface area contributed by atoms with E-state index in [4.69, 9.17) is 13.1 Å². The molecule has 0 saturated carbocycles. The van der Waals surface area contributed by atoms with Crippen LogP contribution in [0.4, 0.5) is 0 Å². The molecule has 0 heterocycles. The van der Waals surface area contributed by atoms with Gasteiger partial charge in [-0.05, 0) is 125 Å². The third kappa shape index (κ3) is 4.21. The monoisotopic (exact) mass is 630 g/mol. The molecule has 0 fully saturated rings. The predicted molar refractivity (Wildman–Crippen MR) is 200 cm³/mol. The van der Waals surface area contributed by atoms with E-state index in [1.54, 1.807) is 0 Å². The van der Waals surface area contributed by atoms with Crippen molar-refractivity contribution in [2.24, 2.45) is 0 Å². The maximum Gasteiger partial charge on any atom is 0.270 e. The van der Waals surface area contributed by atoms with E-state index in [0.29, 0.717) is 11.1 Å². The van der Waals surface area contributed by atoms with Crippen LogP contribution in [0.2, 0.25) is 0 Å². The zero-order valence-electron chi connectivity index (χ0n) is 26.5. The Morgan fingerprint density at radius 3 is 1.16 bits per heavy atom. The molecule has 7 aromatic carbocycles. The molecule has 4 heteroatoms. The number of nitrogens with zero attached hydrogens (tertiary/aromatic N) is 4. The fourth-order valence-electron chi connectivity index (χ4n) is 7.60. The third-order valence-electron chi connectivity index (χ3n) is 9.93. The molecule has 0 radical (unpaired) electrons. The molecule has 0 bridgehead atoms. The van der Waals surface area contributed by atoms with Gasteiger partial charge < -0.3 is 0 Å². The van der Waals surface area contributed by atoms with Gasteiger partial charge in [0.1, 0.15) is 0 Å². The Labute approximate surface area is 289 Å². The van der Waals surface area contributed by atoms with Gasteiger partial charge in [0.2, 0.25) is 0 Å². The topological polar surface area (TPSA) is 56.3 Å². The molecule has 7 aromatic rings. The molecule has 2 aliphatic rings. The van der Waals surface area contributed by atoms with Crippen molar-refractivity contribution in [3.05, 3.63) is 190 Å². The molecule has 0 spiro atoms. The lowest BCUT2D eigenvalue weighted by Gasteiger charge is -2.09. The molecule has 0 amide bonds. The van der Waals surface area contributed by atoms with Gasteiger partial charge in [-0.25, -0.2) is 20.2 Å². The maximum atomic E-state index is 10.2. The van der Waals surface area contributed by atoms with Gasteiger partial charge in [-0.2, -0.15) is 0 Å². The lowest BCUT2D eigenvalue weighted by molar-refractivity contribution is 1.48. The van der Waals surface area contributed by atoms with Crippen LogP contribution < -0.4 is 0 Å². The molecule has 0 atom stereocenters. The molecule has 0 N–H and O–H groups in total. The van der Waals surface area contributed by atoms with Crippen LogP contribution in [0.15, 0.2) is 145 Å². The Bertz CT molecular complexity index is 2680. The fraction of sp³-hybridized carbons (Fsp3) is 0. The molecule has 0 unspecified atom stereocenters. The van der Waals surface area contributed by atoms with Gasteiger partial charge in [0.15, 0.2) is 0 Å². The lowest BCUT2D eigenvalue weighted by atomic mass is 9.94. The number of benzene rings is 7. The molecule has 9 rings (SSSR count). The third-order valence-corrected chi connectivity index (χ3v) is 9.93. The first-order chi connectivity index (χ1) is 24.6. The molecule has 0 aromatic heterocycles. The largest absolute Gasteiger partial charge is 0.270 e. The van der Waals surface area contributed by atoms with E-state index in [9.17, 15) is 10.5 Å². The summed E-state index contributed by atoms with van der Waals surface area (Å²) in [5.41, 5.74) is 12.1. The van der Waals surface area contributed by atoms with E-state index in [-0.39, 0.29) is 11.4 Å². The minimum atomic E-state index is 0.00549. The molecule has 2 aliphatic carbocycles. The highest BCUT2D eigenvalue weighted by atomic mass is 14.7. The van der Waals surface area contributed by atoms with Crippen LogP contribution >= 0.6 is 0 Å². The van der Waals surface area contributed by atoms with Crippen LogP contribution in [0.5, 0.6) is 0 Å². The van der Waals surface area contributed by atoms with E-state index in [2.05, 4.69) is 125 Å². The standard InChI is InChI=1S/C46H22N4/c1-49-43(25-47)45-39-21-33(31-13-11-27-7-3-5-9-29(27)19-31)15-17-35(39)37-23-38-36-18-16-34(32-14-12-28-8-4-6-10-30(28)20-32)22-40(36)46(44(26-48)50-2)42(38)24-41(37)45/h3-24H/b45-43-,46-44+. The van der Waals surface area contributed by atoms with Crippen LogP contribution in [0.1, 0.15) is 22.3 Å². The van der Waals surface area contributed by atoms with Gasteiger partial charge in [-0.15, -0.1) is 0 Å². The van der Waals surface area contributed by atoms with E-state index in [1.165, 1.54) is 0 Å². The normalized spacial score (nSPS) is 14.0. The second-order valence-corrected chi connectivity index (χ2v) is 12.5. The van der Waals surface area contributed by atoms with Crippen molar-refractivity contribution in [1.29, 1.82) is 10.5 Å². The van der Waals surface area contributed by atoms with Crippen molar-refractivity contribution in [2.45, 2.75) is 0 Å². The van der Waals surface area contributed by atoms with Gasteiger partial charge in [0.25, 0.3) is 11.4 Å². The first kappa shape index (κ1) is 28.7. The molecule has 226 valence electrons. The van der Waals surface area contributed by atoms with Crippen molar-refractivity contribution in [2.75, 3.05) is 0 Å². The van der Waals surface area contributed by atoms with E-state index in [0.717, 1.165) is 88.3 Å². The quantitative estimate of drug-likeness (QED) is 0.141. The number of hydrogen-bond donors (Lipinski definition) is 0. The Hall–Kier alpha value is -7.50. The Balaban J connectivity index is 1.25. The summed E-state index contributed by atoms with van der Waals surface area (Å²) < 4.78 is 0. The summed E-state index contributed by atoms with van der Waals surface area (Å²) in [6.07, 6.45) is 0. The van der Waals surface area contributed by atoms with Crippen molar-refractivity contribution in [3.8, 4) is 56.6 Å². The summed E-state index contributed by atoms with van der Waals surface area (Å²) in [6.45, 7) is 15.9. The highest BCUT2D eigenvalue weighted by Crippen LogP contribution is 2.54. The second-order valence-electron chi connectivity index (χ2n) is 12.5. The van der Waals surface area contributed by atoms with Crippen molar-refractivity contribution >= 4 is 32.7 Å². The van der Waals surface area contributed by atoms with Crippen LogP contribution in [0, 0.1) is 35.8 Å². The van der Waals surface area contributed by atoms with Gasteiger partial charge in [-0.1, -0.05) is 97.1 Å². The van der Waals surface area contributed by atoms with Crippen LogP contribution in [-0.4, -0.2) is 0 Å². The molecule has 0 saturated heterocycles. The first-order valence-electron chi connectivity index (χ1n) is 16.1. The predicted octanol–water partition coefficient (Wildman–Crippen LogP) is 11.7. The first-order valence-corrected chi connectivity index (χ1v) is 16.1. The summed E-state index contributed by atoms with van der Waals surface area (Å²) in [4.78, 5) is 7.34. The minimum Gasteiger partial charge on any atom is -0.226 e. The van der Waals surface area contributed by atoms with Crippen molar-refractivity contribution in [3.63, 3.8) is 0 Å². The fourth-order valence-corrected chi connectivity index (χ4v) is 7.60. The summed E-state index contributed by atoms with van der Waals surface area (Å²) in [6, 6.07) is 50.0.